The van der Waals surface area contributed by atoms with Gasteiger partial charge in [0, 0.05) is 5.54 Å². The molecule has 0 unspecified atom stereocenters. The lowest BCUT2D eigenvalue weighted by molar-refractivity contribution is 0.203. The average Bonchev–Trinajstić information content (AvgIpc) is 2.17. The van der Waals surface area contributed by atoms with Crippen molar-refractivity contribution in [2.45, 2.75) is 52.0 Å². The zero-order chi connectivity index (χ0) is 11.3. The molecule has 1 fully saturated rings. The van der Waals surface area contributed by atoms with E-state index in [4.69, 9.17) is 0 Å². The molecule has 0 aromatic heterocycles. The van der Waals surface area contributed by atoms with E-state index < -0.39 is 0 Å². The van der Waals surface area contributed by atoms with Gasteiger partial charge in [-0.05, 0) is 65.7 Å². The Balaban J connectivity index is 2.19. The molecule has 90 valence electrons. The van der Waals surface area contributed by atoms with Crippen molar-refractivity contribution in [3.63, 3.8) is 0 Å². The van der Waals surface area contributed by atoms with Crippen LogP contribution in [-0.2, 0) is 0 Å². The molecule has 0 amide bonds. The second-order valence-corrected chi connectivity index (χ2v) is 5.76. The molecule has 1 heterocycles. The number of rotatable bonds is 5. The van der Waals surface area contributed by atoms with Crippen LogP contribution < -0.4 is 5.32 Å². The zero-order valence-corrected chi connectivity index (χ0v) is 11.0. The minimum atomic E-state index is 0.331. The highest BCUT2D eigenvalue weighted by Crippen LogP contribution is 2.17. The predicted octanol–water partition coefficient (Wildman–Crippen LogP) is 2.50. The van der Waals surface area contributed by atoms with Gasteiger partial charge in [-0.25, -0.2) is 0 Å². The Labute approximate surface area is 95.4 Å². The summed E-state index contributed by atoms with van der Waals surface area (Å²) in [4.78, 5) is 2.44. The van der Waals surface area contributed by atoms with Gasteiger partial charge in [-0.15, -0.1) is 0 Å². The highest BCUT2D eigenvalue weighted by molar-refractivity contribution is 4.80. The third-order valence-electron chi connectivity index (χ3n) is 3.58. The number of piperidine rings is 1. The van der Waals surface area contributed by atoms with Crippen LogP contribution in [0.25, 0.3) is 0 Å². The fourth-order valence-electron chi connectivity index (χ4n) is 2.40. The number of hydrogen-bond acceptors (Lipinski definition) is 2. The van der Waals surface area contributed by atoms with Crippen molar-refractivity contribution in [2.24, 2.45) is 5.92 Å². The van der Waals surface area contributed by atoms with Crippen LogP contribution in [0.4, 0.5) is 0 Å². The van der Waals surface area contributed by atoms with Crippen molar-refractivity contribution in [1.82, 2.24) is 10.2 Å². The van der Waals surface area contributed by atoms with E-state index >= 15 is 0 Å². The molecule has 1 N–H and O–H groups in total. The second kappa shape index (κ2) is 5.86. The molecule has 0 saturated carbocycles. The molecular weight excluding hydrogens is 184 g/mol. The van der Waals surface area contributed by atoms with Gasteiger partial charge in [0.15, 0.2) is 0 Å². The van der Waals surface area contributed by atoms with Crippen LogP contribution >= 0.6 is 0 Å². The van der Waals surface area contributed by atoms with Gasteiger partial charge in [0.1, 0.15) is 0 Å². The lowest BCUT2D eigenvalue weighted by atomic mass is 9.93. The molecule has 0 aliphatic carbocycles. The summed E-state index contributed by atoms with van der Waals surface area (Å²) in [6.45, 7) is 10.7. The maximum absolute atomic E-state index is 3.73. The van der Waals surface area contributed by atoms with Gasteiger partial charge in [0.2, 0.25) is 0 Å². The van der Waals surface area contributed by atoms with Crippen molar-refractivity contribution < 1.29 is 0 Å². The molecule has 0 radical (unpaired) electrons. The summed E-state index contributed by atoms with van der Waals surface area (Å²) in [5, 5.41) is 3.73. The van der Waals surface area contributed by atoms with Gasteiger partial charge in [-0.3, -0.25) is 0 Å². The molecule has 0 aromatic carbocycles. The third kappa shape index (κ3) is 4.98. The van der Waals surface area contributed by atoms with Gasteiger partial charge in [0.25, 0.3) is 0 Å². The first-order valence-electron chi connectivity index (χ1n) is 6.47. The van der Waals surface area contributed by atoms with Crippen LogP contribution in [-0.4, -0.2) is 37.1 Å². The normalized spacial score (nSPS) is 20.8. The minimum Gasteiger partial charge on any atom is -0.312 e. The zero-order valence-electron chi connectivity index (χ0n) is 11.0. The minimum absolute atomic E-state index is 0.331. The summed E-state index contributed by atoms with van der Waals surface area (Å²) >= 11 is 0. The van der Waals surface area contributed by atoms with E-state index in [9.17, 15) is 0 Å². The standard InChI is InChI=1S/C13H28N2/c1-5-8-13(2,3)14-11-12-6-9-15(4)10-7-12/h12,14H,5-11H2,1-4H3. The lowest BCUT2D eigenvalue weighted by Crippen LogP contribution is -2.44. The maximum atomic E-state index is 3.73. The summed E-state index contributed by atoms with van der Waals surface area (Å²) < 4.78 is 0. The molecule has 0 spiro atoms. The SMILES string of the molecule is CCCC(C)(C)NCC1CCN(C)CC1. The van der Waals surface area contributed by atoms with Gasteiger partial charge < -0.3 is 10.2 Å². The molecule has 1 saturated heterocycles. The van der Waals surface area contributed by atoms with Crippen molar-refractivity contribution in [3.05, 3.63) is 0 Å². The highest BCUT2D eigenvalue weighted by Gasteiger charge is 2.20. The van der Waals surface area contributed by atoms with Crippen molar-refractivity contribution in [3.8, 4) is 0 Å². The molecule has 1 aliphatic rings. The fourth-order valence-corrected chi connectivity index (χ4v) is 2.40. The van der Waals surface area contributed by atoms with Crippen LogP contribution in [0, 0.1) is 5.92 Å². The Kier molecular flexibility index (Phi) is 5.07. The fraction of sp³-hybridized carbons (Fsp3) is 1.00. The van der Waals surface area contributed by atoms with E-state index in [0.29, 0.717) is 5.54 Å². The molecule has 1 aliphatic heterocycles. The van der Waals surface area contributed by atoms with E-state index in [0.717, 1.165) is 5.92 Å². The summed E-state index contributed by atoms with van der Waals surface area (Å²) in [5.41, 5.74) is 0.331. The molecular formula is C13H28N2. The van der Waals surface area contributed by atoms with Crippen molar-refractivity contribution >= 4 is 0 Å². The first kappa shape index (κ1) is 13.0. The van der Waals surface area contributed by atoms with Crippen molar-refractivity contribution in [2.75, 3.05) is 26.7 Å². The Morgan fingerprint density at radius 1 is 1.27 bits per heavy atom. The van der Waals surface area contributed by atoms with E-state index in [1.165, 1.54) is 45.3 Å². The summed E-state index contributed by atoms with van der Waals surface area (Å²) in [7, 11) is 2.23. The largest absolute Gasteiger partial charge is 0.312 e. The summed E-state index contributed by atoms with van der Waals surface area (Å²) in [5.74, 6) is 0.900. The molecule has 15 heavy (non-hydrogen) atoms. The molecule has 0 atom stereocenters. The Hall–Kier alpha value is -0.0800. The van der Waals surface area contributed by atoms with Gasteiger partial charge in [-0.2, -0.15) is 0 Å². The van der Waals surface area contributed by atoms with E-state index in [2.05, 4.69) is 38.0 Å². The molecule has 1 rings (SSSR count). The van der Waals surface area contributed by atoms with Crippen LogP contribution in [0.2, 0.25) is 0 Å². The Morgan fingerprint density at radius 2 is 1.87 bits per heavy atom. The first-order chi connectivity index (χ1) is 7.03. The average molecular weight is 212 g/mol. The molecule has 0 aromatic rings. The lowest BCUT2D eigenvalue weighted by Gasteiger charge is -2.33. The molecule has 2 heteroatoms. The molecule has 2 nitrogen and oxygen atoms in total. The summed E-state index contributed by atoms with van der Waals surface area (Å²) in [6.07, 6.45) is 5.28. The number of likely N-dealkylation sites (tertiary alicyclic amines) is 1. The summed E-state index contributed by atoms with van der Waals surface area (Å²) in [6, 6.07) is 0. The monoisotopic (exact) mass is 212 g/mol. The van der Waals surface area contributed by atoms with Crippen molar-refractivity contribution in [1.29, 1.82) is 0 Å². The second-order valence-electron chi connectivity index (χ2n) is 5.76. The topological polar surface area (TPSA) is 15.3 Å². The van der Waals surface area contributed by atoms with Crippen LogP contribution in [0.1, 0.15) is 46.5 Å². The third-order valence-corrected chi connectivity index (χ3v) is 3.58. The quantitative estimate of drug-likeness (QED) is 0.753. The van der Waals surface area contributed by atoms with Gasteiger partial charge in [-0.1, -0.05) is 13.3 Å². The number of hydrogen-bond donors (Lipinski definition) is 1. The van der Waals surface area contributed by atoms with Gasteiger partial charge in [0.05, 0.1) is 0 Å². The predicted molar refractivity (Wildman–Crippen MR) is 67.2 cm³/mol. The van der Waals surface area contributed by atoms with Crippen LogP contribution in [0.15, 0.2) is 0 Å². The van der Waals surface area contributed by atoms with E-state index in [1.54, 1.807) is 0 Å². The first-order valence-corrected chi connectivity index (χ1v) is 6.47. The van der Waals surface area contributed by atoms with Crippen LogP contribution in [0.3, 0.4) is 0 Å². The number of nitrogens with zero attached hydrogens (tertiary/aromatic N) is 1. The smallest absolute Gasteiger partial charge is 0.0125 e. The molecule has 0 bridgehead atoms. The maximum Gasteiger partial charge on any atom is 0.0125 e. The van der Waals surface area contributed by atoms with E-state index in [1.807, 2.05) is 0 Å². The van der Waals surface area contributed by atoms with Crippen LogP contribution in [0.5, 0.6) is 0 Å². The van der Waals surface area contributed by atoms with E-state index in [-0.39, 0.29) is 0 Å². The Bertz CT molecular complexity index is 169. The highest BCUT2D eigenvalue weighted by atomic mass is 15.1. The Morgan fingerprint density at radius 3 is 2.40 bits per heavy atom. The van der Waals surface area contributed by atoms with Gasteiger partial charge >= 0.3 is 0 Å². The number of nitrogens with one attached hydrogen (secondary N) is 1.